The van der Waals surface area contributed by atoms with Crippen molar-refractivity contribution in [2.75, 3.05) is 20.2 Å². The Morgan fingerprint density at radius 3 is 2.61 bits per heavy atom. The Kier molecular flexibility index (Phi) is 5.40. The van der Waals surface area contributed by atoms with Gasteiger partial charge in [0.1, 0.15) is 12.6 Å². The summed E-state index contributed by atoms with van der Waals surface area (Å²) in [6.45, 7) is 4.81. The number of hydrogen-bond acceptors (Lipinski definition) is 4. The third-order valence-electron chi connectivity index (χ3n) is 3.28. The lowest BCUT2D eigenvalue weighted by Crippen LogP contribution is -2.45. The third-order valence-corrected chi connectivity index (χ3v) is 3.28. The first kappa shape index (κ1) is 14.8. The van der Waals surface area contributed by atoms with Crippen LogP contribution in [0.2, 0.25) is 0 Å². The highest BCUT2D eigenvalue weighted by Gasteiger charge is 2.26. The van der Waals surface area contributed by atoms with Crippen molar-refractivity contribution in [2.24, 2.45) is 5.92 Å². The number of carbonyl (C=O) groups excluding carboxylic acids is 1. The molecule has 0 spiro atoms. The van der Waals surface area contributed by atoms with Gasteiger partial charge in [0.2, 0.25) is 0 Å². The Morgan fingerprint density at radius 2 is 2.17 bits per heavy atom. The first-order chi connectivity index (χ1) is 8.41. The minimum atomic E-state index is -1.04. The molecule has 0 aromatic rings. The molecule has 0 saturated carbocycles. The van der Waals surface area contributed by atoms with Gasteiger partial charge in [-0.05, 0) is 32.4 Å². The molecule has 1 aliphatic heterocycles. The molecule has 1 fully saturated rings. The molecule has 104 valence electrons. The molecule has 2 N–H and O–H groups in total. The monoisotopic (exact) mass is 258 g/mol. The van der Waals surface area contributed by atoms with Crippen molar-refractivity contribution < 1.29 is 19.4 Å². The zero-order chi connectivity index (χ0) is 13.7. The number of aliphatic carboxylic acids is 1. The number of alkyl carbamates (subject to hydrolysis) is 1. The van der Waals surface area contributed by atoms with Crippen LogP contribution in [-0.4, -0.2) is 54.4 Å². The maximum Gasteiger partial charge on any atom is 0.407 e. The molecular formula is C12H22N2O4. The fourth-order valence-corrected chi connectivity index (χ4v) is 2.04. The fourth-order valence-electron chi connectivity index (χ4n) is 2.04. The Balaban J connectivity index is 2.34. The summed E-state index contributed by atoms with van der Waals surface area (Å²) in [5, 5.41) is 11.3. The average molecular weight is 258 g/mol. The highest BCUT2D eigenvalue weighted by Crippen LogP contribution is 2.14. The van der Waals surface area contributed by atoms with Gasteiger partial charge in [-0.3, -0.25) is 0 Å². The second-order valence-corrected chi connectivity index (χ2v) is 5.08. The van der Waals surface area contributed by atoms with Crippen molar-refractivity contribution in [1.29, 1.82) is 0 Å². The summed E-state index contributed by atoms with van der Waals surface area (Å²) >= 11 is 0. The Hall–Kier alpha value is -1.30. The lowest BCUT2D eigenvalue weighted by Gasteiger charge is -2.21. The summed E-state index contributed by atoms with van der Waals surface area (Å²) in [4.78, 5) is 24.6. The van der Waals surface area contributed by atoms with Crippen molar-refractivity contribution in [3.63, 3.8) is 0 Å². The molecule has 1 saturated heterocycles. The SMILES string of the molecule is CC(C)C(NC(=O)OCC1CCCN1C)C(=O)O. The van der Waals surface area contributed by atoms with E-state index in [1.807, 2.05) is 7.05 Å². The van der Waals surface area contributed by atoms with E-state index >= 15 is 0 Å². The van der Waals surface area contributed by atoms with E-state index in [9.17, 15) is 9.59 Å². The minimum absolute atomic E-state index is 0.177. The molecule has 6 nitrogen and oxygen atoms in total. The van der Waals surface area contributed by atoms with Gasteiger partial charge in [0.15, 0.2) is 0 Å². The van der Waals surface area contributed by atoms with Crippen LogP contribution in [-0.2, 0) is 9.53 Å². The minimum Gasteiger partial charge on any atom is -0.480 e. The molecule has 0 aromatic carbocycles. The van der Waals surface area contributed by atoms with Gasteiger partial charge in [-0.15, -0.1) is 0 Å². The van der Waals surface area contributed by atoms with Crippen LogP contribution < -0.4 is 5.32 Å². The number of nitrogens with one attached hydrogen (secondary N) is 1. The van der Waals surface area contributed by atoms with E-state index in [-0.39, 0.29) is 12.0 Å². The number of ether oxygens (including phenoxy) is 1. The lowest BCUT2D eigenvalue weighted by atomic mass is 10.1. The van der Waals surface area contributed by atoms with Crippen LogP contribution in [0, 0.1) is 5.92 Å². The Bertz CT molecular complexity index is 306. The molecule has 2 unspecified atom stereocenters. The molecule has 0 radical (unpaired) electrons. The molecule has 0 aromatic heterocycles. The number of amides is 1. The molecule has 1 rings (SSSR count). The van der Waals surface area contributed by atoms with E-state index in [4.69, 9.17) is 9.84 Å². The molecule has 2 atom stereocenters. The van der Waals surface area contributed by atoms with Crippen LogP contribution in [0.25, 0.3) is 0 Å². The van der Waals surface area contributed by atoms with Gasteiger partial charge in [0.25, 0.3) is 0 Å². The van der Waals surface area contributed by atoms with E-state index in [1.165, 1.54) is 0 Å². The molecule has 6 heteroatoms. The summed E-state index contributed by atoms with van der Waals surface area (Å²) in [7, 11) is 1.99. The summed E-state index contributed by atoms with van der Waals surface area (Å²) in [5.41, 5.74) is 0. The van der Waals surface area contributed by atoms with E-state index in [1.54, 1.807) is 13.8 Å². The normalized spacial score (nSPS) is 21.9. The number of hydrogen-bond donors (Lipinski definition) is 2. The second-order valence-electron chi connectivity index (χ2n) is 5.08. The number of rotatable bonds is 5. The van der Waals surface area contributed by atoms with Crippen LogP contribution in [0.4, 0.5) is 4.79 Å². The molecule has 18 heavy (non-hydrogen) atoms. The Morgan fingerprint density at radius 1 is 1.50 bits per heavy atom. The maximum atomic E-state index is 11.5. The molecule has 1 aliphatic rings. The predicted molar refractivity (Wildman–Crippen MR) is 66.4 cm³/mol. The van der Waals surface area contributed by atoms with E-state index in [0.717, 1.165) is 19.4 Å². The fraction of sp³-hybridized carbons (Fsp3) is 0.833. The number of likely N-dealkylation sites (tertiary alicyclic amines) is 1. The van der Waals surface area contributed by atoms with Crippen molar-refractivity contribution in [2.45, 2.75) is 38.8 Å². The van der Waals surface area contributed by atoms with Crippen LogP contribution in [0.1, 0.15) is 26.7 Å². The van der Waals surface area contributed by atoms with Crippen molar-refractivity contribution in [3.05, 3.63) is 0 Å². The number of carboxylic acids is 1. The third kappa shape index (κ3) is 4.18. The van der Waals surface area contributed by atoms with Crippen LogP contribution in [0.3, 0.4) is 0 Å². The van der Waals surface area contributed by atoms with Crippen LogP contribution in [0.5, 0.6) is 0 Å². The quantitative estimate of drug-likeness (QED) is 0.766. The zero-order valence-electron chi connectivity index (χ0n) is 11.2. The first-order valence-corrected chi connectivity index (χ1v) is 6.28. The average Bonchev–Trinajstić information content (AvgIpc) is 2.68. The summed E-state index contributed by atoms with van der Waals surface area (Å²) < 4.78 is 5.07. The Labute approximate surface area is 107 Å². The molecule has 0 bridgehead atoms. The molecular weight excluding hydrogens is 236 g/mol. The van der Waals surface area contributed by atoms with Gasteiger partial charge in [0, 0.05) is 6.04 Å². The molecule has 1 amide bonds. The predicted octanol–water partition coefficient (Wildman–Crippen LogP) is 0.916. The largest absolute Gasteiger partial charge is 0.480 e. The van der Waals surface area contributed by atoms with E-state index in [0.29, 0.717) is 6.61 Å². The zero-order valence-corrected chi connectivity index (χ0v) is 11.2. The van der Waals surface area contributed by atoms with E-state index < -0.39 is 18.1 Å². The molecule has 0 aliphatic carbocycles. The number of carboxylic acid groups (broad SMARTS) is 1. The van der Waals surface area contributed by atoms with Crippen molar-refractivity contribution in [1.82, 2.24) is 10.2 Å². The summed E-state index contributed by atoms with van der Waals surface area (Å²) in [6.07, 6.45) is 1.46. The first-order valence-electron chi connectivity index (χ1n) is 6.28. The second kappa shape index (κ2) is 6.58. The standard InChI is InChI=1S/C12H22N2O4/c1-8(2)10(11(15)16)13-12(17)18-7-9-5-4-6-14(9)3/h8-10H,4-7H2,1-3H3,(H,13,17)(H,15,16). The highest BCUT2D eigenvalue weighted by atomic mass is 16.5. The molecule has 1 heterocycles. The van der Waals surface area contributed by atoms with Gasteiger partial charge in [-0.2, -0.15) is 0 Å². The van der Waals surface area contributed by atoms with Crippen molar-refractivity contribution in [3.8, 4) is 0 Å². The maximum absolute atomic E-state index is 11.5. The topological polar surface area (TPSA) is 78.9 Å². The lowest BCUT2D eigenvalue weighted by molar-refractivity contribution is -0.140. The summed E-state index contributed by atoms with van der Waals surface area (Å²) in [5.74, 6) is -1.22. The van der Waals surface area contributed by atoms with Gasteiger partial charge in [0.05, 0.1) is 0 Å². The van der Waals surface area contributed by atoms with Gasteiger partial charge < -0.3 is 20.1 Å². The number of likely N-dealkylation sites (N-methyl/N-ethyl adjacent to an activating group) is 1. The van der Waals surface area contributed by atoms with Gasteiger partial charge in [-0.1, -0.05) is 13.8 Å². The van der Waals surface area contributed by atoms with E-state index in [2.05, 4.69) is 10.2 Å². The smallest absolute Gasteiger partial charge is 0.407 e. The van der Waals surface area contributed by atoms with Crippen molar-refractivity contribution >= 4 is 12.1 Å². The van der Waals surface area contributed by atoms with Gasteiger partial charge >= 0.3 is 12.1 Å². The number of nitrogens with zero attached hydrogens (tertiary/aromatic N) is 1. The van der Waals surface area contributed by atoms with Crippen LogP contribution >= 0.6 is 0 Å². The summed E-state index contributed by atoms with van der Waals surface area (Å²) in [6, 6.07) is -0.656. The van der Waals surface area contributed by atoms with Gasteiger partial charge in [-0.25, -0.2) is 9.59 Å². The highest BCUT2D eigenvalue weighted by molar-refractivity contribution is 5.80. The van der Waals surface area contributed by atoms with Crippen LogP contribution in [0.15, 0.2) is 0 Å². The number of carbonyl (C=O) groups is 2.